The van der Waals surface area contributed by atoms with Gasteiger partial charge in [0.2, 0.25) is 11.9 Å². The van der Waals surface area contributed by atoms with Crippen molar-refractivity contribution in [1.29, 1.82) is 0 Å². The molecule has 1 spiro atoms. The van der Waals surface area contributed by atoms with Crippen LogP contribution in [0.2, 0.25) is 0 Å². The van der Waals surface area contributed by atoms with Gasteiger partial charge < -0.3 is 14.5 Å². The van der Waals surface area contributed by atoms with Crippen LogP contribution in [0.3, 0.4) is 0 Å². The molecule has 2 aliphatic heterocycles. The van der Waals surface area contributed by atoms with Gasteiger partial charge in [-0.25, -0.2) is 9.97 Å². The molecule has 0 saturated carbocycles. The minimum atomic E-state index is 0.180. The summed E-state index contributed by atoms with van der Waals surface area (Å²) in [5, 5.41) is 0. The summed E-state index contributed by atoms with van der Waals surface area (Å²) in [5.41, 5.74) is 0.180. The molecule has 0 N–H and O–H groups in total. The van der Waals surface area contributed by atoms with Crippen LogP contribution >= 0.6 is 0 Å². The Balaban J connectivity index is 1.71. The first kappa shape index (κ1) is 15.2. The zero-order valence-electron chi connectivity index (χ0n) is 13.2. The number of carbonyl (C=O) groups is 1. The number of piperidine rings is 2. The normalized spacial score (nSPS) is 25.8. The van der Waals surface area contributed by atoms with Crippen LogP contribution in [0.5, 0.6) is 0 Å². The second kappa shape index (κ2) is 6.60. The third-order valence-electron chi connectivity index (χ3n) is 4.81. The number of carbonyl (C=O) groups excluding carboxylic acids is 1. The number of hydrogen-bond donors (Lipinski definition) is 0. The molecule has 0 unspecified atom stereocenters. The molecular weight excluding hydrogens is 280 g/mol. The lowest BCUT2D eigenvalue weighted by atomic mass is 9.73. The van der Waals surface area contributed by atoms with Gasteiger partial charge >= 0.3 is 0 Å². The van der Waals surface area contributed by atoms with Crippen molar-refractivity contribution in [2.45, 2.75) is 25.7 Å². The third kappa shape index (κ3) is 3.21. The molecule has 6 heteroatoms. The summed E-state index contributed by atoms with van der Waals surface area (Å²) in [6, 6.07) is 1.84. The number of ether oxygens (including phenoxy) is 1. The van der Waals surface area contributed by atoms with Gasteiger partial charge in [0.1, 0.15) is 0 Å². The molecule has 0 aliphatic carbocycles. The van der Waals surface area contributed by atoms with Crippen molar-refractivity contribution in [1.82, 2.24) is 14.9 Å². The lowest BCUT2D eigenvalue weighted by Gasteiger charge is -2.48. The average molecular weight is 304 g/mol. The second-order valence-corrected chi connectivity index (χ2v) is 6.38. The quantitative estimate of drug-likeness (QED) is 0.840. The SMILES string of the molecule is COCCN1C[C@]2(CCCN(c3ncccn3)C2)CCC1=O. The summed E-state index contributed by atoms with van der Waals surface area (Å²) in [4.78, 5) is 25.1. The first-order chi connectivity index (χ1) is 10.7. The van der Waals surface area contributed by atoms with Crippen LogP contribution in [0, 0.1) is 5.41 Å². The van der Waals surface area contributed by atoms with Crippen LogP contribution in [0.1, 0.15) is 25.7 Å². The molecule has 2 saturated heterocycles. The Morgan fingerprint density at radius 3 is 2.86 bits per heavy atom. The maximum atomic E-state index is 12.1. The van der Waals surface area contributed by atoms with Gasteiger partial charge in [0.15, 0.2) is 0 Å². The van der Waals surface area contributed by atoms with E-state index in [1.165, 1.54) is 6.42 Å². The van der Waals surface area contributed by atoms with E-state index in [1.807, 2.05) is 11.0 Å². The minimum Gasteiger partial charge on any atom is -0.383 e. The van der Waals surface area contributed by atoms with Gasteiger partial charge in [-0.1, -0.05) is 0 Å². The van der Waals surface area contributed by atoms with Gasteiger partial charge in [-0.2, -0.15) is 0 Å². The topological polar surface area (TPSA) is 58.6 Å². The molecule has 1 amide bonds. The average Bonchev–Trinajstić information content (AvgIpc) is 2.57. The van der Waals surface area contributed by atoms with Gasteiger partial charge in [0.25, 0.3) is 0 Å². The van der Waals surface area contributed by atoms with E-state index in [0.717, 1.165) is 38.4 Å². The molecule has 3 rings (SSSR count). The standard InChI is InChI=1S/C16H24N4O2/c1-22-11-10-19-12-16(6-4-14(19)21)5-2-9-20(13-16)15-17-7-3-8-18-15/h3,7-8H,2,4-6,9-13H2,1H3/t16-/m0/s1. The molecule has 0 bridgehead atoms. The molecule has 22 heavy (non-hydrogen) atoms. The highest BCUT2D eigenvalue weighted by Crippen LogP contribution is 2.39. The largest absolute Gasteiger partial charge is 0.383 e. The number of nitrogens with zero attached hydrogens (tertiary/aromatic N) is 4. The van der Waals surface area contributed by atoms with Crippen molar-refractivity contribution in [3.05, 3.63) is 18.5 Å². The van der Waals surface area contributed by atoms with E-state index in [4.69, 9.17) is 4.74 Å². The Morgan fingerprint density at radius 2 is 2.09 bits per heavy atom. The second-order valence-electron chi connectivity index (χ2n) is 6.38. The molecule has 3 heterocycles. The van der Waals surface area contributed by atoms with Gasteiger partial charge in [-0.15, -0.1) is 0 Å². The molecule has 2 fully saturated rings. The minimum absolute atomic E-state index is 0.180. The maximum Gasteiger partial charge on any atom is 0.225 e. The van der Waals surface area contributed by atoms with E-state index in [-0.39, 0.29) is 11.3 Å². The van der Waals surface area contributed by atoms with Crippen LogP contribution in [0.15, 0.2) is 18.5 Å². The Labute approximate surface area is 131 Å². The molecule has 1 aromatic heterocycles. The van der Waals surface area contributed by atoms with Gasteiger partial charge in [-0.05, 0) is 25.3 Å². The van der Waals surface area contributed by atoms with Crippen molar-refractivity contribution in [2.75, 3.05) is 44.8 Å². The van der Waals surface area contributed by atoms with Crippen molar-refractivity contribution in [3.8, 4) is 0 Å². The zero-order chi connectivity index (χ0) is 15.4. The number of rotatable bonds is 4. The highest BCUT2D eigenvalue weighted by molar-refractivity contribution is 5.77. The van der Waals surface area contributed by atoms with Crippen molar-refractivity contribution in [2.24, 2.45) is 5.41 Å². The van der Waals surface area contributed by atoms with E-state index >= 15 is 0 Å². The maximum absolute atomic E-state index is 12.1. The molecule has 0 aromatic carbocycles. The Morgan fingerprint density at radius 1 is 1.27 bits per heavy atom. The summed E-state index contributed by atoms with van der Waals surface area (Å²) < 4.78 is 5.13. The molecule has 1 atom stereocenters. The first-order valence-corrected chi connectivity index (χ1v) is 8.01. The van der Waals surface area contributed by atoms with Crippen LogP contribution in [-0.2, 0) is 9.53 Å². The fourth-order valence-electron chi connectivity index (χ4n) is 3.67. The van der Waals surface area contributed by atoms with E-state index in [2.05, 4.69) is 14.9 Å². The molecule has 6 nitrogen and oxygen atoms in total. The monoisotopic (exact) mass is 304 g/mol. The highest BCUT2D eigenvalue weighted by Gasteiger charge is 2.42. The number of aromatic nitrogens is 2. The van der Waals surface area contributed by atoms with Crippen LogP contribution in [0.25, 0.3) is 0 Å². The third-order valence-corrected chi connectivity index (χ3v) is 4.81. The summed E-state index contributed by atoms with van der Waals surface area (Å²) in [7, 11) is 1.68. The summed E-state index contributed by atoms with van der Waals surface area (Å²) in [6.45, 7) is 4.07. The number of hydrogen-bond acceptors (Lipinski definition) is 5. The van der Waals surface area contributed by atoms with Crippen molar-refractivity contribution < 1.29 is 9.53 Å². The van der Waals surface area contributed by atoms with Gasteiger partial charge in [-0.3, -0.25) is 4.79 Å². The van der Waals surface area contributed by atoms with Crippen molar-refractivity contribution >= 4 is 11.9 Å². The predicted octanol–water partition coefficient (Wildman–Crippen LogP) is 1.33. The Kier molecular flexibility index (Phi) is 4.57. The Hall–Kier alpha value is -1.69. The molecular formula is C16H24N4O2. The summed E-state index contributed by atoms with van der Waals surface area (Å²) in [6.07, 6.45) is 7.50. The van der Waals surface area contributed by atoms with E-state index in [1.54, 1.807) is 19.5 Å². The van der Waals surface area contributed by atoms with E-state index in [0.29, 0.717) is 19.6 Å². The highest BCUT2D eigenvalue weighted by atomic mass is 16.5. The van der Waals surface area contributed by atoms with Crippen LogP contribution in [0.4, 0.5) is 5.95 Å². The number of likely N-dealkylation sites (tertiary alicyclic amines) is 1. The Bertz CT molecular complexity index is 510. The van der Waals surface area contributed by atoms with E-state index in [9.17, 15) is 4.79 Å². The van der Waals surface area contributed by atoms with Crippen molar-refractivity contribution in [3.63, 3.8) is 0 Å². The van der Waals surface area contributed by atoms with Gasteiger partial charge in [0.05, 0.1) is 6.61 Å². The van der Waals surface area contributed by atoms with Crippen LogP contribution < -0.4 is 4.90 Å². The molecule has 1 aromatic rings. The lowest BCUT2D eigenvalue weighted by molar-refractivity contribution is -0.138. The fourth-order valence-corrected chi connectivity index (χ4v) is 3.67. The molecule has 0 radical (unpaired) electrons. The van der Waals surface area contributed by atoms with Crippen LogP contribution in [-0.4, -0.2) is 60.7 Å². The summed E-state index contributed by atoms with van der Waals surface area (Å²) >= 11 is 0. The summed E-state index contributed by atoms with van der Waals surface area (Å²) in [5.74, 6) is 1.07. The molecule has 2 aliphatic rings. The predicted molar refractivity (Wildman–Crippen MR) is 83.6 cm³/mol. The first-order valence-electron chi connectivity index (χ1n) is 8.01. The number of amides is 1. The number of methoxy groups -OCH3 is 1. The number of anilines is 1. The molecule has 120 valence electrons. The fraction of sp³-hybridized carbons (Fsp3) is 0.688. The smallest absolute Gasteiger partial charge is 0.225 e. The van der Waals surface area contributed by atoms with E-state index < -0.39 is 0 Å². The lowest BCUT2D eigenvalue weighted by Crippen LogP contribution is -2.54. The zero-order valence-corrected chi connectivity index (χ0v) is 13.2. The van der Waals surface area contributed by atoms with Gasteiger partial charge in [0, 0.05) is 57.5 Å².